The van der Waals surface area contributed by atoms with Crippen LogP contribution >= 0.6 is 11.6 Å². The molecule has 0 aliphatic rings. The highest BCUT2D eigenvalue weighted by Gasteiger charge is 2.22. The van der Waals surface area contributed by atoms with Crippen molar-refractivity contribution in [1.29, 1.82) is 0 Å². The van der Waals surface area contributed by atoms with Gasteiger partial charge in [-0.3, -0.25) is 0 Å². The molecule has 1 N–H and O–H groups in total. The largest absolute Gasteiger partial charge is 0.385 e. The van der Waals surface area contributed by atoms with Crippen LogP contribution in [0.1, 0.15) is 32.3 Å². The Labute approximate surface area is 88.5 Å². The van der Waals surface area contributed by atoms with Gasteiger partial charge in [-0.2, -0.15) is 0 Å². The Kier molecular flexibility index (Phi) is 3.51. The first-order valence-electron chi connectivity index (χ1n) is 4.65. The van der Waals surface area contributed by atoms with E-state index in [1.54, 1.807) is 13.0 Å². The lowest BCUT2D eigenvalue weighted by Crippen LogP contribution is -2.20. The van der Waals surface area contributed by atoms with E-state index in [-0.39, 0.29) is 5.02 Å². The van der Waals surface area contributed by atoms with Crippen LogP contribution in [0.3, 0.4) is 0 Å². The SMILES string of the molecule is CCCC(C)(O)c1ccc(F)c(Cl)c1. The highest BCUT2D eigenvalue weighted by molar-refractivity contribution is 6.30. The molecule has 14 heavy (non-hydrogen) atoms. The lowest BCUT2D eigenvalue weighted by Gasteiger charge is -2.23. The van der Waals surface area contributed by atoms with Crippen molar-refractivity contribution in [3.05, 3.63) is 34.6 Å². The minimum Gasteiger partial charge on any atom is -0.385 e. The maximum atomic E-state index is 12.9. The quantitative estimate of drug-likeness (QED) is 0.820. The van der Waals surface area contributed by atoms with Crippen molar-refractivity contribution in [1.82, 2.24) is 0 Å². The summed E-state index contributed by atoms with van der Waals surface area (Å²) < 4.78 is 12.9. The Bertz CT molecular complexity index is 323. The summed E-state index contributed by atoms with van der Waals surface area (Å²) in [6.07, 6.45) is 1.50. The molecule has 3 heteroatoms. The van der Waals surface area contributed by atoms with Crippen LogP contribution in [0.2, 0.25) is 5.02 Å². The Morgan fingerprint density at radius 1 is 1.50 bits per heavy atom. The van der Waals surface area contributed by atoms with Crippen LogP contribution in [0.25, 0.3) is 0 Å². The molecule has 0 aromatic heterocycles. The van der Waals surface area contributed by atoms with E-state index in [4.69, 9.17) is 11.6 Å². The van der Waals surface area contributed by atoms with Gasteiger partial charge in [-0.1, -0.05) is 31.0 Å². The van der Waals surface area contributed by atoms with E-state index in [1.165, 1.54) is 12.1 Å². The van der Waals surface area contributed by atoms with Crippen molar-refractivity contribution in [2.24, 2.45) is 0 Å². The molecule has 1 aromatic rings. The van der Waals surface area contributed by atoms with Gasteiger partial charge in [0.2, 0.25) is 0 Å². The van der Waals surface area contributed by atoms with Crippen LogP contribution < -0.4 is 0 Å². The van der Waals surface area contributed by atoms with Crippen molar-refractivity contribution >= 4 is 11.6 Å². The molecule has 1 unspecified atom stereocenters. The molecule has 0 bridgehead atoms. The highest BCUT2D eigenvalue weighted by atomic mass is 35.5. The van der Waals surface area contributed by atoms with Crippen molar-refractivity contribution in [2.45, 2.75) is 32.3 Å². The molecule has 1 rings (SSSR count). The molecule has 0 aliphatic carbocycles. The number of rotatable bonds is 3. The van der Waals surface area contributed by atoms with Crippen molar-refractivity contribution in [3.8, 4) is 0 Å². The Morgan fingerprint density at radius 2 is 2.14 bits per heavy atom. The predicted octanol–water partition coefficient (Wildman–Crippen LogP) is 3.49. The predicted molar refractivity (Wildman–Crippen MR) is 55.9 cm³/mol. The zero-order valence-electron chi connectivity index (χ0n) is 8.35. The maximum absolute atomic E-state index is 12.9. The molecule has 0 saturated heterocycles. The number of hydrogen-bond acceptors (Lipinski definition) is 1. The molecule has 1 atom stereocenters. The first-order valence-corrected chi connectivity index (χ1v) is 5.03. The second-order valence-corrected chi connectivity index (χ2v) is 4.06. The van der Waals surface area contributed by atoms with E-state index in [1.807, 2.05) is 6.92 Å². The summed E-state index contributed by atoms with van der Waals surface area (Å²) in [6, 6.07) is 4.32. The molecular formula is C11H14ClFO. The van der Waals surface area contributed by atoms with Crippen LogP contribution in [-0.2, 0) is 5.60 Å². The third-order valence-electron chi connectivity index (χ3n) is 2.28. The lowest BCUT2D eigenvalue weighted by atomic mass is 9.91. The number of benzene rings is 1. The van der Waals surface area contributed by atoms with Gasteiger partial charge < -0.3 is 5.11 Å². The van der Waals surface area contributed by atoms with Crippen molar-refractivity contribution < 1.29 is 9.50 Å². The first kappa shape index (κ1) is 11.5. The third kappa shape index (κ3) is 2.46. The van der Waals surface area contributed by atoms with Crippen LogP contribution in [0.15, 0.2) is 18.2 Å². The number of hydrogen-bond donors (Lipinski definition) is 1. The summed E-state index contributed by atoms with van der Waals surface area (Å²) in [5.74, 6) is -0.456. The van der Waals surface area contributed by atoms with Crippen molar-refractivity contribution in [3.63, 3.8) is 0 Å². The first-order chi connectivity index (χ1) is 6.47. The van der Waals surface area contributed by atoms with E-state index in [9.17, 15) is 9.50 Å². The summed E-state index contributed by atoms with van der Waals surface area (Å²) in [5, 5.41) is 10.1. The molecular weight excluding hydrogens is 203 g/mol. The zero-order chi connectivity index (χ0) is 10.8. The average molecular weight is 217 g/mol. The fraction of sp³-hybridized carbons (Fsp3) is 0.455. The third-order valence-corrected chi connectivity index (χ3v) is 2.57. The van der Waals surface area contributed by atoms with Gasteiger partial charge in [-0.25, -0.2) is 4.39 Å². The Hall–Kier alpha value is -0.600. The molecule has 0 fully saturated rings. The molecule has 0 saturated carbocycles. The van der Waals surface area contributed by atoms with Gasteiger partial charge >= 0.3 is 0 Å². The zero-order valence-corrected chi connectivity index (χ0v) is 9.11. The van der Waals surface area contributed by atoms with Crippen LogP contribution in [0, 0.1) is 5.82 Å². The molecule has 0 spiro atoms. The highest BCUT2D eigenvalue weighted by Crippen LogP contribution is 2.28. The summed E-state index contributed by atoms with van der Waals surface area (Å²) in [7, 11) is 0. The van der Waals surface area contributed by atoms with Gasteiger partial charge in [0.25, 0.3) is 0 Å². The summed E-state index contributed by atoms with van der Waals surface area (Å²) in [6.45, 7) is 3.69. The fourth-order valence-corrected chi connectivity index (χ4v) is 1.64. The minimum atomic E-state index is -0.925. The van der Waals surface area contributed by atoms with Gasteiger partial charge in [0.15, 0.2) is 0 Å². The number of halogens is 2. The number of aliphatic hydroxyl groups is 1. The smallest absolute Gasteiger partial charge is 0.141 e. The van der Waals surface area contributed by atoms with E-state index in [0.29, 0.717) is 12.0 Å². The summed E-state index contributed by atoms with van der Waals surface area (Å²) in [5.41, 5.74) is -0.266. The molecule has 0 radical (unpaired) electrons. The monoisotopic (exact) mass is 216 g/mol. The molecule has 0 heterocycles. The average Bonchev–Trinajstić information content (AvgIpc) is 2.09. The fourth-order valence-electron chi connectivity index (χ4n) is 1.46. The molecule has 1 nitrogen and oxygen atoms in total. The lowest BCUT2D eigenvalue weighted by molar-refractivity contribution is 0.0469. The van der Waals surface area contributed by atoms with Gasteiger partial charge in [-0.15, -0.1) is 0 Å². The van der Waals surface area contributed by atoms with E-state index in [0.717, 1.165) is 6.42 Å². The van der Waals surface area contributed by atoms with Crippen LogP contribution in [0.4, 0.5) is 4.39 Å². The van der Waals surface area contributed by atoms with Crippen molar-refractivity contribution in [2.75, 3.05) is 0 Å². The van der Waals surface area contributed by atoms with Crippen LogP contribution in [0.5, 0.6) is 0 Å². The Morgan fingerprint density at radius 3 is 2.64 bits per heavy atom. The van der Waals surface area contributed by atoms with Gasteiger partial charge in [0.05, 0.1) is 10.6 Å². The van der Waals surface area contributed by atoms with E-state index in [2.05, 4.69) is 0 Å². The normalized spacial score (nSPS) is 15.2. The molecule has 1 aromatic carbocycles. The van der Waals surface area contributed by atoms with Gasteiger partial charge in [0, 0.05) is 0 Å². The van der Waals surface area contributed by atoms with Gasteiger partial charge in [0.1, 0.15) is 5.82 Å². The minimum absolute atomic E-state index is 0.0545. The van der Waals surface area contributed by atoms with E-state index >= 15 is 0 Å². The van der Waals surface area contributed by atoms with Crippen LogP contribution in [-0.4, -0.2) is 5.11 Å². The second kappa shape index (κ2) is 4.28. The summed E-state index contributed by atoms with van der Waals surface area (Å²) >= 11 is 5.63. The topological polar surface area (TPSA) is 20.2 Å². The Balaban J connectivity index is 3.01. The van der Waals surface area contributed by atoms with Gasteiger partial charge in [-0.05, 0) is 31.0 Å². The summed E-state index contributed by atoms with van der Waals surface area (Å²) in [4.78, 5) is 0. The maximum Gasteiger partial charge on any atom is 0.141 e. The van der Waals surface area contributed by atoms with E-state index < -0.39 is 11.4 Å². The molecule has 78 valence electrons. The molecule has 0 aliphatic heterocycles. The standard InChI is InChI=1S/C11H14ClFO/c1-3-6-11(2,14)8-4-5-10(13)9(12)7-8/h4-5,7,14H,3,6H2,1-2H3. The molecule has 0 amide bonds. The second-order valence-electron chi connectivity index (χ2n) is 3.65.